The molecule has 2 N–H and O–H groups in total. The Labute approximate surface area is 168 Å². The molecule has 0 unspecified atom stereocenters. The van der Waals surface area contributed by atoms with Gasteiger partial charge in [-0.25, -0.2) is 9.24 Å². The standard InChI is InChI=1S/C17H22NO4P.C5H10/c1-3-7-16-12-14(9-6-11-18(2)23(19,20)21)17-10-5-4-8-15(17)13-22-16;1-3-5-4-2/h3-5,8-10,12H,1,6-7,11,13H2,2H3,(H2,19,20,21);3,5H,4H2,1-2H3/b14-9+;5-3-. The first-order valence-electron chi connectivity index (χ1n) is 9.44. The lowest BCUT2D eigenvalue weighted by Crippen LogP contribution is -2.15. The topological polar surface area (TPSA) is 70.0 Å². The second kappa shape index (κ2) is 12.5. The molecule has 0 fully saturated rings. The summed E-state index contributed by atoms with van der Waals surface area (Å²) in [6.07, 6.45) is 12.3. The van der Waals surface area contributed by atoms with Crippen molar-refractivity contribution in [1.82, 2.24) is 4.67 Å². The van der Waals surface area contributed by atoms with Crippen LogP contribution in [0.25, 0.3) is 5.57 Å². The second-order valence-electron chi connectivity index (χ2n) is 6.37. The number of hydrogen-bond donors (Lipinski definition) is 2. The highest BCUT2D eigenvalue weighted by Crippen LogP contribution is 2.38. The predicted molar refractivity (Wildman–Crippen MR) is 117 cm³/mol. The summed E-state index contributed by atoms with van der Waals surface area (Å²) in [4.78, 5) is 18.2. The number of rotatable bonds is 7. The van der Waals surface area contributed by atoms with Crippen LogP contribution < -0.4 is 0 Å². The van der Waals surface area contributed by atoms with Crippen LogP contribution in [0.1, 0.15) is 44.2 Å². The molecule has 0 aliphatic carbocycles. The molecular weight excluding hydrogens is 373 g/mol. The molecule has 0 spiro atoms. The van der Waals surface area contributed by atoms with Crippen molar-refractivity contribution in [1.29, 1.82) is 0 Å². The third-order valence-corrected chi connectivity index (χ3v) is 5.23. The summed E-state index contributed by atoms with van der Waals surface area (Å²) in [5.41, 5.74) is 3.19. The maximum absolute atomic E-state index is 11.2. The van der Waals surface area contributed by atoms with Crippen molar-refractivity contribution in [2.75, 3.05) is 13.6 Å². The van der Waals surface area contributed by atoms with Gasteiger partial charge < -0.3 is 14.5 Å². The van der Waals surface area contributed by atoms with Crippen molar-refractivity contribution in [3.8, 4) is 0 Å². The zero-order valence-corrected chi connectivity index (χ0v) is 17.9. The third kappa shape index (κ3) is 8.41. The molecule has 2 rings (SSSR count). The van der Waals surface area contributed by atoms with E-state index in [0.29, 0.717) is 19.4 Å². The van der Waals surface area contributed by atoms with E-state index in [-0.39, 0.29) is 6.54 Å². The van der Waals surface area contributed by atoms with E-state index in [9.17, 15) is 4.57 Å². The van der Waals surface area contributed by atoms with Gasteiger partial charge in [0.15, 0.2) is 0 Å². The maximum atomic E-state index is 11.2. The molecule has 0 radical (unpaired) electrons. The SMILES string of the molecule is C/C=C\CC.C=CCC1=C/C(=C\CCN(C)P(=O)(O)O)c2ccccc2CO1. The van der Waals surface area contributed by atoms with Crippen molar-refractivity contribution >= 4 is 13.3 Å². The second-order valence-corrected chi connectivity index (χ2v) is 8.08. The molecule has 1 aromatic carbocycles. The maximum Gasteiger partial charge on any atom is 0.402 e. The van der Waals surface area contributed by atoms with Crippen molar-refractivity contribution < 1.29 is 19.1 Å². The van der Waals surface area contributed by atoms with E-state index >= 15 is 0 Å². The number of benzene rings is 1. The van der Waals surface area contributed by atoms with E-state index in [2.05, 4.69) is 25.7 Å². The van der Waals surface area contributed by atoms with E-state index in [1.165, 1.54) is 7.05 Å². The molecule has 0 amide bonds. The monoisotopic (exact) mass is 405 g/mol. The van der Waals surface area contributed by atoms with Crippen LogP contribution in [0.15, 0.2) is 67.0 Å². The average Bonchev–Trinajstić information content (AvgIpc) is 2.82. The zero-order valence-electron chi connectivity index (χ0n) is 17.0. The van der Waals surface area contributed by atoms with Gasteiger partial charge in [0.1, 0.15) is 12.4 Å². The number of nitrogens with zero attached hydrogens (tertiary/aromatic N) is 1. The molecule has 1 aliphatic rings. The van der Waals surface area contributed by atoms with Gasteiger partial charge in [0, 0.05) is 13.0 Å². The lowest BCUT2D eigenvalue weighted by Gasteiger charge is -2.16. The molecule has 0 atom stereocenters. The molecular formula is C22H32NO4P. The Morgan fingerprint density at radius 2 is 2.04 bits per heavy atom. The normalized spacial score (nSPS) is 15.4. The quantitative estimate of drug-likeness (QED) is 0.466. The number of fused-ring (bicyclic) bond motifs is 1. The van der Waals surface area contributed by atoms with Crippen LogP contribution in [-0.2, 0) is 15.9 Å². The molecule has 5 nitrogen and oxygen atoms in total. The Hall–Kier alpha value is -1.91. The van der Waals surface area contributed by atoms with Gasteiger partial charge in [0.2, 0.25) is 0 Å². The molecule has 1 aromatic rings. The first-order valence-corrected chi connectivity index (χ1v) is 11.0. The molecule has 1 heterocycles. The molecule has 6 heteroatoms. The largest absolute Gasteiger partial charge is 0.493 e. The van der Waals surface area contributed by atoms with Gasteiger partial charge in [-0.3, -0.25) is 0 Å². The molecule has 0 saturated carbocycles. The molecule has 0 aromatic heterocycles. The van der Waals surface area contributed by atoms with Crippen LogP contribution in [0, 0.1) is 0 Å². The summed E-state index contributed by atoms with van der Waals surface area (Å²) in [5, 5.41) is 0. The van der Waals surface area contributed by atoms with Crippen LogP contribution in [0.2, 0.25) is 0 Å². The summed E-state index contributed by atoms with van der Waals surface area (Å²) in [6.45, 7) is 8.68. The van der Waals surface area contributed by atoms with Gasteiger partial charge in [-0.05, 0) is 49.6 Å². The predicted octanol–water partition coefficient (Wildman–Crippen LogP) is 5.45. The Bertz CT molecular complexity index is 762. The Balaban J connectivity index is 0.000000696. The highest BCUT2D eigenvalue weighted by atomic mass is 31.2. The summed E-state index contributed by atoms with van der Waals surface area (Å²) in [7, 11) is -2.75. The van der Waals surface area contributed by atoms with E-state index in [0.717, 1.165) is 33.6 Å². The van der Waals surface area contributed by atoms with Crippen LogP contribution in [-0.4, -0.2) is 28.0 Å². The van der Waals surface area contributed by atoms with Gasteiger partial charge in [-0.15, -0.1) is 6.58 Å². The summed E-state index contributed by atoms with van der Waals surface area (Å²) >= 11 is 0. The summed E-state index contributed by atoms with van der Waals surface area (Å²) < 4.78 is 18.0. The van der Waals surface area contributed by atoms with Crippen molar-refractivity contribution in [3.63, 3.8) is 0 Å². The van der Waals surface area contributed by atoms with Gasteiger partial charge >= 0.3 is 7.75 Å². The highest BCUT2D eigenvalue weighted by Gasteiger charge is 2.19. The van der Waals surface area contributed by atoms with Gasteiger partial charge in [-0.1, -0.05) is 55.5 Å². The number of hydrogen-bond acceptors (Lipinski definition) is 2. The Morgan fingerprint density at radius 3 is 2.61 bits per heavy atom. The lowest BCUT2D eigenvalue weighted by atomic mass is 9.99. The average molecular weight is 405 g/mol. The number of ether oxygens (including phenoxy) is 1. The van der Waals surface area contributed by atoms with Gasteiger partial charge in [0.25, 0.3) is 0 Å². The minimum absolute atomic E-state index is 0.279. The Kier molecular flexibility index (Phi) is 10.8. The van der Waals surface area contributed by atoms with E-state index < -0.39 is 7.75 Å². The summed E-state index contributed by atoms with van der Waals surface area (Å²) in [5.74, 6) is 0.839. The first kappa shape index (κ1) is 24.1. The minimum Gasteiger partial charge on any atom is -0.493 e. The summed E-state index contributed by atoms with van der Waals surface area (Å²) in [6, 6.07) is 8.00. The smallest absolute Gasteiger partial charge is 0.402 e. The van der Waals surface area contributed by atoms with E-state index in [4.69, 9.17) is 14.5 Å². The first-order chi connectivity index (χ1) is 13.3. The van der Waals surface area contributed by atoms with Crippen molar-refractivity contribution in [2.45, 2.75) is 39.7 Å². The van der Waals surface area contributed by atoms with E-state index in [1.54, 1.807) is 6.08 Å². The number of allylic oxidation sites excluding steroid dienone is 5. The molecule has 0 bridgehead atoms. The third-order valence-electron chi connectivity index (χ3n) is 4.14. The molecule has 28 heavy (non-hydrogen) atoms. The van der Waals surface area contributed by atoms with Crippen LogP contribution >= 0.6 is 7.75 Å². The molecule has 154 valence electrons. The van der Waals surface area contributed by atoms with Crippen molar-refractivity contribution in [3.05, 3.63) is 78.1 Å². The van der Waals surface area contributed by atoms with Gasteiger partial charge in [-0.2, -0.15) is 0 Å². The van der Waals surface area contributed by atoms with Gasteiger partial charge in [0.05, 0.1) is 0 Å². The molecule has 0 saturated heterocycles. The van der Waals surface area contributed by atoms with Crippen molar-refractivity contribution in [2.24, 2.45) is 0 Å². The van der Waals surface area contributed by atoms with Crippen LogP contribution in [0.5, 0.6) is 0 Å². The fourth-order valence-electron chi connectivity index (χ4n) is 2.59. The minimum atomic E-state index is -4.17. The van der Waals surface area contributed by atoms with E-state index in [1.807, 2.05) is 43.3 Å². The highest BCUT2D eigenvalue weighted by molar-refractivity contribution is 7.49. The fraction of sp³-hybridized carbons (Fsp3) is 0.364. The Morgan fingerprint density at radius 1 is 1.32 bits per heavy atom. The van der Waals surface area contributed by atoms with Crippen LogP contribution in [0.3, 0.4) is 0 Å². The molecule has 1 aliphatic heterocycles. The fourth-order valence-corrected chi connectivity index (χ4v) is 2.97. The van der Waals surface area contributed by atoms with Crippen LogP contribution in [0.4, 0.5) is 0 Å². The lowest BCUT2D eigenvalue weighted by molar-refractivity contribution is 0.196. The zero-order chi connectivity index (χ0) is 21.0.